The minimum absolute atomic E-state index is 0.0422. The summed E-state index contributed by atoms with van der Waals surface area (Å²) >= 11 is 1.14. The molecule has 1 N–H and O–H groups in total. The molecule has 0 atom stereocenters. The highest BCUT2D eigenvalue weighted by Crippen LogP contribution is 2.13. The predicted molar refractivity (Wildman–Crippen MR) is 93.6 cm³/mol. The van der Waals surface area contributed by atoms with Crippen LogP contribution in [0, 0.1) is 12.1 Å². The summed E-state index contributed by atoms with van der Waals surface area (Å²) in [5.41, 5.74) is 1.80. The molecular formula is C17H19N3O3S. The number of nitrogens with zero attached hydrogens (tertiary/aromatic N) is 2. The summed E-state index contributed by atoms with van der Waals surface area (Å²) < 4.78 is 0.710. The smallest absolute Gasteiger partial charge is 0.251 e. The molecule has 0 aliphatic carbocycles. The quantitative estimate of drug-likeness (QED) is 0.492. The zero-order chi connectivity index (χ0) is 17.5. The Morgan fingerprint density at radius 1 is 1.21 bits per heavy atom. The average molecular weight is 345 g/mol. The lowest BCUT2D eigenvalue weighted by atomic mass is 10.2. The van der Waals surface area contributed by atoms with Crippen molar-refractivity contribution in [3.63, 3.8) is 0 Å². The molecule has 2 rings (SSSR count). The first-order chi connectivity index (χ1) is 11.5. The van der Waals surface area contributed by atoms with E-state index in [2.05, 4.69) is 5.32 Å². The fraction of sp³-hybridized carbons (Fsp3) is 0.235. The molecule has 0 aliphatic rings. The van der Waals surface area contributed by atoms with E-state index in [-0.39, 0.29) is 24.1 Å². The van der Waals surface area contributed by atoms with Gasteiger partial charge in [0.25, 0.3) is 5.03 Å². The Kier molecular flexibility index (Phi) is 6.20. The van der Waals surface area contributed by atoms with Crippen LogP contribution in [0.1, 0.15) is 5.56 Å². The maximum Gasteiger partial charge on any atom is 0.251 e. The highest BCUT2D eigenvalue weighted by molar-refractivity contribution is 7.99. The normalized spacial score (nSPS) is 10.2. The number of amides is 2. The molecule has 6 nitrogen and oxygen atoms in total. The van der Waals surface area contributed by atoms with E-state index in [0.717, 1.165) is 17.3 Å². The molecule has 0 unspecified atom stereocenters. The number of aromatic nitrogens is 1. The third-order valence-electron chi connectivity index (χ3n) is 3.27. The van der Waals surface area contributed by atoms with E-state index in [4.69, 9.17) is 0 Å². The lowest BCUT2D eigenvalue weighted by molar-refractivity contribution is -0.645. The molecule has 24 heavy (non-hydrogen) atoms. The average Bonchev–Trinajstić information content (AvgIpc) is 2.56. The summed E-state index contributed by atoms with van der Waals surface area (Å²) in [5, 5.41) is 14.7. The number of hydrogen-bond donors (Lipinski definition) is 1. The van der Waals surface area contributed by atoms with Crippen LogP contribution < -0.4 is 10.0 Å². The van der Waals surface area contributed by atoms with Crippen LogP contribution in [0.3, 0.4) is 0 Å². The third-order valence-corrected chi connectivity index (χ3v) is 4.28. The van der Waals surface area contributed by atoms with Crippen molar-refractivity contribution in [3.8, 4) is 0 Å². The minimum atomic E-state index is -0.265. The van der Waals surface area contributed by atoms with Crippen molar-refractivity contribution in [2.45, 2.75) is 11.9 Å². The first kappa shape index (κ1) is 17.8. The summed E-state index contributed by atoms with van der Waals surface area (Å²) in [4.78, 5) is 25.4. The number of benzene rings is 1. The fourth-order valence-electron chi connectivity index (χ4n) is 1.91. The molecule has 0 radical (unpaired) electrons. The van der Waals surface area contributed by atoms with E-state index in [1.54, 1.807) is 25.2 Å². The molecule has 0 saturated heterocycles. The number of pyridine rings is 1. The number of hydrogen-bond acceptors (Lipinski definition) is 4. The van der Waals surface area contributed by atoms with Crippen molar-refractivity contribution < 1.29 is 14.3 Å². The van der Waals surface area contributed by atoms with Crippen LogP contribution in [0.2, 0.25) is 0 Å². The second-order valence-corrected chi connectivity index (χ2v) is 6.31. The van der Waals surface area contributed by atoms with Gasteiger partial charge in [-0.05, 0) is 36.9 Å². The van der Waals surface area contributed by atoms with Gasteiger partial charge in [0.2, 0.25) is 11.8 Å². The number of nitrogens with one attached hydrogen (secondary N) is 1. The predicted octanol–water partition coefficient (Wildman–Crippen LogP) is 1.82. The first-order valence-electron chi connectivity index (χ1n) is 7.37. The Hall–Kier alpha value is -2.54. The van der Waals surface area contributed by atoms with Gasteiger partial charge in [-0.2, -0.15) is 4.73 Å². The van der Waals surface area contributed by atoms with Gasteiger partial charge in [0.1, 0.15) is 0 Å². The number of likely N-dealkylation sites (N-methyl/N-ethyl adjacent to an activating group) is 1. The third kappa shape index (κ3) is 5.27. The number of carbonyl (C=O) groups is 2. The van der Waals surface area contributed by atoms with E-state index >= 15 is 0 Å². The molecule has 0 aliphatic heterocycles. The van der Waals surface area contributed by atoms with Crippen molar-refractivity contribution in [1.29, 1.82) is 0 Å². The largest absolute Gasteiger partial charge is 0.618 e. The molecule has 1 aromatic carbocycles. The summed E-state index contributed by atoms with van der Waals surface area (Å²) in [5.74, 6) is -0.387. The van der Waals surface area contributed by atoms with E-state index in [1.807, 2.05) is 31.2 Å². The molecular weight excluding hydrogens is 326 g/mol. The Morgan fingerprint density at radius 2 is 1.92 bits per heavy atom. The van der Waals surface area contributed by atoms with Crippen LogP contribution in [0.4, 0.5) is 5.69 Å². The highest BCUT2D eigenvalue weighted by atomic mass is 32.2. The Balaban J connectivity index is 1.81. The van der Waals surface area contributed by atoms with Crippen LogP contribution in [0.15, 0.2) is 53.7 Å². The van der Waals surface area contributed by atoms with E-state index < -0.39 is 0 Å². The SMILES string of the molecule is Cc1ccc(NC(=O)CN(C)C(=O)CSc2cccc[n+]2[O-])cc1. The molecule has 7 heteroatoms. The van der Waals surface area contributed by atoms with Crippen molar-refractivity contribution in [2.75, 3.05) is 24.7 Å². The number of carbonyl (C=O) groups excluding carboxylic acids is 2. The monoisotopic (exact) mass is 345 g/mol. The molecule has 0 fully saturated rings. The lowest BCUT2D eigenvalue weighted by Crippen LogP contribution is -2.36. The second-order valence-electron chi connectivity index (χ2n) is 5.32. The molecule has 2 aromatic rings. The zero-order valence-electron chi connectivity index (χ0n) is 13.6. The van der Waals surface area contributed by atoms with Crippen LogP contribution >= 0.6 is 11.8 Å². The minimum Gasteiger partial charge on any atom is -0.618 e. The summed E-state index contributed by atoms with van der Waals surface area (Å²) in [6.45, 7) is 1.92. The molecule has 126 valence electrons. The topological polar surface area (TPSA) is 76.4 Å². The van der Waals surface area contributed by atoms with Crippen LogP contribution in [0.5, 0.6) is 0 Å². The number of anilines is 1. The molecule has 1 aromatic heterocycles. The Morgan fingerprint density at radius 3 is 2.58 bits per heavy atom. The van der Waals surface area contributed by atoms with Crippen LogP contribution in [-0.4, -0.2) is 36.1 Å². The van der Waals surface area contributed by atoms with Crippen molar-refractivity contribution in [3.05, 3.63) is 59.4 Å². The van der Waals surface area contributed by atoms with Gasteiger partial charge >= 0.3 is 0 Å². The van der Waals surface area contributed by atoms with E-state index in [9.17, 15) is 14.8 Å². The summed E-state index contributed by atoms with van der Waals surface area (Å²) in [7, 11) is 1.56. The summed E-state index contributed by atoms with van der Waals surface area (Å²) in [6.07, 6.45) is 1.38. The van der Waals surface area contributed by atoms with Gasteiger partial charge in [-0.15, -0.1) is 0 Å². The Bertz CT molecular complexity index is 719. The van der Waals surface area contributed by atoms with Crippen molar-refractivity contribution in [2.24, 2.45) is 0 Å². The molecule has 2 amide bonds. The number of thioether (sulfide) groups is 1. The maximum atomic E-state index is 12.1. The van der Waals surface area contributed by atoms with Gasteiger partial charge in [0.15, 0.2) is 6.20 Å². The lowest BCUT2D eigenvalue weighted by Gasteiger charge is -2.16. The van der Waals surface area contributed by atoms with Gasteiger partial charge < -0.3 is 15.4 Å². The van der Waals surface area contributed by atoms with Gasteiger partial charge in [-0.1, -0.05) is 17.7 Å². The zero-order valence-corrected chi connectivity index (χ0v) is 14.4. The fourth-order valence-corrected chi connectivity index (χ4v) is 2.77. The van der Waals surface area contributed by atoms with E-state index in [0.29, 0.717) is 15.4 Å². The van der Waals surface area contributed by atoms with Gasteiger partial charge in [-0.3, -0.25) is 9.59 Å². The standard InChI is InChI=1S/C17H19N3O3S/c1-13-6-8-14(9-7-13)18-15(21)11-19(2)16(22)12-24-17-5-3-4-10-20(17)23/h3-10H,11-12H2,1-2H3,(H,18,21). The van der Waals surface area contributed by atoms with Crippen molar-refractivity contribution >= 4 is 29.3 Å². The Labute approximate surface area is 145 Å². The maximum absolute atomic E-state index is 12.1. The number of rotatable bonds is 6. The molecule has 0 saturated carbocycles. The van der Waals surface area contributed by atoms with Gasteiger partial charge in [0, 0.05) is 24.9 Å². The van der Waals surface area contributed by atoms with E-state index in [1.165, 1.54) is 11.1 Å². The van der Waals surface area contributed by atoms with Crippen LogP contribution in [0.25, 0.3) is 0 Å². The van der Waals surface area contributed by atoms with Gasteiger partial charge in [0.05, 0.1) is 12.3 Å². The van der Waals surface area contributed by atoms with Crippen LogP contribution in [-0.2, 0) is 9.59 Å². The number of aryl methyl sites for hydroxylation is 1. The molecule has 1 heterocycles. The highest BCUT2D eigenvalue weighted by Gasteiger charge is 2.15. The first-order valence-corrected chi connectivity index (χ1v) is 8.36. The van der Waals surface area contributed by atoms with Crippen molar-refractivity contribution in [1.82, 2.24) is 4.90 Å². The molecule has 0 bridgehead atoms. The second kappa shape index (κ2) is 8.35. The summed E-state index contributed by atoms with van der Waals surface area (Å²) in [6, 6.07) is 12.4. The van der Waals surface area contributed by atoms with Gasteiger partial charge in [-0.25, -0.2) is 0 Å². The molecule has 0 spiro atoms.